The van der Waals surface area contributed by atoms with Crippen molar-refractivity contribution in [2.75, 3.05) is 20.1 Å². The SMILES string of the molecule is CNC1C(N2CC(C)OC(C)(C)C2)CCCC1(C)C. The maximum atomic E-state index is 6.05. The average Bonchev–Trinajstić information content (AvgIpc) is 2.24. The van der Waals surface area contributed by atoms with Gasteiger partial charge in [-0.1, -0.05) is 20.3 Å². The third-order valence-corrected chi connectivity index (χ3v) is 4.92. The molecule has 2 fully saturated rings. The van der Waals surface area contributed by atoms with Gasteiger partial charge in [-0.25, -0.2) is 0 Å². The number of hydrogen-bond donors (Lipinski definition) is 1. The van der Waals surface area contributed by atoms with E-state index in [-0.39, 0.29) is 5.60 Å². The highest BCUT2D eigenvalue weighted by atomic mass is 16.5. The van der Waals surface area contributed by atoms with Crippen LogP contribution >= 0.6 is 0 Å². The fourth-order valence-corrected chi connectivity index (χ4v) is 4.34. The van der Waals surface area contributed by atoms with Crippen molar-refractivity contribution in [3.63, 3.8) is 0 Å². The molecule has 3 nitrogen and oxygen atoms in total. The molecule has 0 amide bonds. The molecule has 1 aliphatic carbocycles. The first-order valence-electron chi connectivity index (χ1n) is 7.84. The molecule has 0 aromatic heterocycles. The molecule has 2 rings (SSSR count). The molecule has 1 N–H and O–H groups in total. The number of ether oxygens (including phenoxy) is 1. The van der Waals surface area contributed by atoms with Crippen LogP contribution in [-0.2, 0) is 4.74 Å². The van der Waals surface area contributed by atoms with E-state index >= 15 is 0 Å². The lowest BCUT2D eigenvalue weighted by Gasteiger charge is -2.52. The lowest BCUT2D eigenvalue weighted by atomic mass is 9.70. The van der Waals surface area contributed by atoms with Crippen LogP contribution in [0.5, 0.6) is 0 Å². The van der Waals surface area contributed by atoms with Gasteiger partial charge in [0.15, 0.2) is 0 Å². The van der Waals surface area contributed by atoms with Crippen molar-refractivity contribution in [2.45, 2.75) is 77.7 Å². The maximum absolute atomic E-state index is 6.05. The third kappa shape index (κ3) is 3.32. The monoisotopic (exact) mass is 268 g/mol. The van der Waals surface area contributed by atoms with Gasteiger partial charge in [-0.2, -0.15) is 0 Å². The van der Waals surface area contributed by atoms with Crippen LogP contribution in [0.2, 0.25) is 0 Å². The zero-order valence-electron chi connectivity index (χ0n) is 13.6. The summed E-state index contributed by atoms with van der Waals surface area (Å²) in [7, 11) is 2.12. The summed E-state index contributed by atoms with van der Waals surface area (Å²) in [5.74, 6) is 0. The van der Waals surface area contributed by atoms with Crippen LogP contribution in [-0.4, -0.2) is 48.8 Å². The van der Waals surface area contributed by atoms with E-state index in [4.69, 9.17) is 4.74 Å². The van der Waals surface area contributed by atoms with Gasteiger partial charge in [-0.3, -0.25) is 4.90 Å². The molecule has 0 aromatic carbocycles. The van der Waals surface area contributed by atoms with Crippen LogP contribution in [0.3, 0.4) is 0 Å². The Balaban J connectivity index is 2.15. The zero-order valence-corrected chi connectivity index (χ0v) is 13.6. The van der Waals surface area contributed by atoms with E-state index in [2.05, 4.69) is 51.9 Å². The summed E-state index contributed by atoms with van der Waals surface area (Å²) >= 11 is 0. The smallest absolute Gasteiger partial charge is 0.0757 e. The largest absolute Gasteiger partial charge is 0.370 e. The third-order valence-electron chi connectivity index (χ3n) is 4.92. The van der Waals surface area contributed by atoms with E-state index in [1.165, 1.54) is 19.3 Å². The lowest BCUT2D eigenvalue weighted by Crippen LogP contribution is -2.63. The lowest BCUT2D eigenvalue weighted by molar-refractivity contribution is -0.146. The van der Waals surface area contributed by atoms with Crippen molar-refractivity contribution in [2.24, 2.45) is 5.41 Å². The Bertz CT molecular complexity index is 314. The fraction of sp³-hybridized carbons (Fsp3) is 1.00. The van der Waals surface area contributed by atoms with Crippen molar-refractivity contribution in [3.8, 4) is 0 Å². The van der Waals surface area contributed by atoms with E-state index in [9.17, 15) is 0 Å². The molecule has 1 saturated heterocycles. The molecule has 1 saturated carbocycles. The molecule has 3 atom stereocenters. The van der Waals surface area contributed by atoms with Gasteiger partial charge in [-0.15, -0.1) is 0 Å². The maximum Gasteiger partial charge on any atom is 0.0757 e. The highest BCUT2D eigenvalue weighted by Gasteiger charge is 2.43. The van der Waals surface area contributed by atoms with Crippen LogP contribution in [0.4, 0.5) is 0 Å². The fourth-order valence-electron chi connectivity index (χ4n) is 4.34. The molecular formula is C16H32N2O. The Morgan fingerprint density at radius 3 is 2.47 bits per heavy atom. The summed E-state index contributed by atoms with van der Waals surface area (Å²) in [6.07, 6.45) is 4.34. The molecule has 3 heteroatoms. The first-order valence-corrected chi connectivity index (χ1v) is 7.84. The predicted molar refractivity (Wildman–Crippen MR) is 80.5 cm³/mol. The Labute approximate surface area is 119 Å². The van der Waals surface area contributed by atoms with Gasteiger partial charge in [-0.05, 0) is 46.1 Å². The van der Waals surface area contributed by atoms with Crippen LogP contribution in [0, 0.1) is 5.41 Å². The van der Waals surface area contributed by atoms with Crippen LogP contribution in [0.25, 0.3) is 0 Å². The molecule has 2 aliphatic rings. The Kier molecular flexibility index (Phi) is 4.29. The topological polar surface area (TPSA) is 24.5 Å². The molecule has 112 valence electrons. The second kappa shape index (κ2) is 5.34. The second-order valence-corrected chi connectivity index (χ2v) is 7.83. The van der Waals surface area contributed by atoms with Gasteiger partial charge in [0.2, 0.25) is 0 Å². The average molecular weight is 268 g/mol. The quantitative estimate of drug-likeness (QED) is 0.833. The van der Waals surface area contributed by atoms with Gasteiger partial charge >= 0.3 is 0 Å². The first kappa shape index (κ1) is 15.3. The van der Waals surface area contributed by atoms with Gasteiger partial charge < -0.3 is 10.1 Å². The number of nitrogens with one attached hydrogen (secondary N) is 1. The number of hydrogen-bond acceptors (Lipinski definition) is 3. The summed E-state index contributed by atoms with van der Waals surface area (Å²) in [4.78, 5) is 2.68. The normalized spacial score (nSPS) is 39.2. The summed E-state index contributed by atoms with van der Waals surface area (Å²) < 4.78 is 6.05. The minimum atomic E-state index is -0.0163. The molecular weight excluding hydrogens is 236 g/mol. The van der Waals surface area contributed by atoms with E-state index in [0.717, 1.165) is 13.1 Å². The van der Waals surface area contributed by atoms with Gasteiger partial charge in [0, 0.05) is 25.2 Å². The first-order chi connectivity index (χ1) is 8.75. The van der Waals surface area contributed by atoms with E-state index in [0.29, 0.717) is 23.6 Å². The zero-order chi connectivity index (χ0) is 14.3. The highest BCUT2D eigenvalue weighted by Crippen LogP contribution is 2.39. The molecule has 0 spiro atoms. The van der Waals surface area contributed by atoms with E-state index in [1.807, 2.05) is 0 Å². The second-order valence-electron chi connectivity index (χ2n) is 7.83. The van der Waals surface area contributed by atoms with Crippen molar-refractivity contribution < 1.29 is 4.74 Å². The summed E-state index contributed by atoms with van der Waals surface area (Å²) in [6, 6.07) is 1.24. The molecule has 0 radical (unpaired) electrons. The van der Waals surface area contributed by atoms with Gasteiger partial charge in [0.1, 0.15) is 0 Å². The van der Waals surface area contributed by atoms with Crippen LogP contribution in [0.15, 0.2) is 0 Å². The van der Waals surface area contributed by atoms with Crippen molar-refractivity contribution in [3.05, 3.63) is 0 Å². The van der Waals surface area contributed by atoms with Gasteiger partial charge in [0.25, 0.3) is 0 Å². The molecule has 19 heavy (non-hydrogen) atoms. The number of nitrogens with zero attached hydrogens (tertiary/aromatic N) is 1. The number of likely N-dealkylation sites (N-methyl/N-ethyl adjacent to an activating group) is 1. The summed E-state index contributed by atoms with van der Waals surface area (Å²) in [5, 5.41) is 3.60. The Morgan fingerprint density at radius 1 is 1.21 bits per heavy atom. The molecule has 0 bridgehead atoms. The van der Waals surface area contributed by atoms with Crippen molar-refractivity contribution >= 4 is 0 Å². The minimum absolute atomic E-state index is 0.0163. The predicted octanol–water partition coefficient (Wildman–Crippen LogP) is 2.65. The minimum Gasteiger partial charge on any atom is -0.370 e. The Morgan fingerprint density at radius 2 is 1.89 bits per heavy atom. The van der Waals surface area contributed by atoms with E-state index in [1.54, 1.807) is 0 Å². The standard InChI is InChI=1S/C16H32N2O/c1-12-10-18(11-16(4,5)19-12)13-8-7-9-15(2,3)14(13)17-6/h12-14,17H,7-11H2,1-6H3. The van der Waals surface area contributed by atoms with E-state index < -0.39 is 0 Å². The Hall–Kier alpha value is -0.120. The van der Waals surface area contributed by atoms with Crippen molar-refractivity contribution in [1.82, 2.24) is 10.2 Å². The molecule has 0 aromatic rings. The van der Waals surface area contributed by atoms with Crippen molar-refractivity contribution in [1.29, 1.82) is 0 Å². The molecule has 1 heterocycles. The summed E-state index contributed by atoms with van der Waals surface area (Å²) in [5.41, 5.74) is 0.376. The highest BCUT2D eigenvalue weighted by molar-refractivity contribution is 5.00. The molecule has 3 unspecified atom stereocenters. The van der Waals surface area contributed by atoms with Crippen LogP contribution in [0.1, 0.15) is 53.9 Å². The molecule has 1 aliphatic heterocycles. The number of rotatable bonds is 2. The van der Waals surface area contributed by atoms with Crippen LogP contribution < -0.4 is 5.32 Å². The summed E-state index contributed by atoms with van der Waals surface area (Å²) in [6.45, 7) is 13.6. The number of morpholine rings is 1. The van der Waals surface area contributed by atoms with Gasteiger partial charge in [0.05, 0.1) is 11.7 Å².